The third kappa shape index (κ3) is 3.69. The van der Waals surface area contributed by atoms with Gasteiger partial charge in [-0.05, 0) is 30.5 Å². The lowest BCUT2D eigenvalue weighted by Crippen LogP contribution is -2.42. The van der Waals surface area contributed by atoms with E-state index >= 15 is 0 Å². The van der Waals surface area contributed by atoms with E-state index in [1.165, 1.54) is 18.2 Å². The van der Waals surface area contributed by atoms with Crippen LogP contribution in [0.2, 0.25) is 0 Å². The minimum Gasteiger partial charge on any atom is -0.489 e. The second kappa shape index (κ2) is 8.52. The highest BCUT2D eigenvalue weighted by Crippen LogP contribution is 2.39. The van der Waals surface area contributed by atoms with Crippen molar-refractivity contribution < 1.29 is 9.53 Å². The fourth-order valence-electron chi connectivity index (χ4n) is 4.18. The molecule has 0 unspecified atom stereocenters. The number of thioether (sulfide) groups is 1. The first-order valence-corrected chi connectivity index (χ1v) is 11.4. The van der Waals surface area contributed by atoms with Crippen LogP contribution in [0, 0.1) is 0 Å². The molecule has 6 nitrogen and oxygen atoms in total. The van der Waals surface area contributed by atoms with E-state index in [1.807, 2.05) is 59.5 Å². The van der Waals surface area contributed by atoms with E-state index in [0.717, 1.165) is 53.8 Å². The van der Waals surface area contributed by atoms with Crippen molar-refractivity contribution in [3.05, 3.63) is 66.0 Å². The standard InChI is InChI=1S/C23H24N4O2S/c28-22(16-30-23-25-24-21-13-5-2-8-14-26(21)23)27-18-11-6-7-12-20(18)29-15-19(27)17-9-3-1-4-10-17/h1,3-4,6-7,9-12,19H,2,5,8,13-16H2/t19-/m0/s1. The number of aryl methyl sites for hydroxylation is 1. The van der Waals surface area contributed by atoms with Crippen molar-refractivity contribution in [1.82, 2.24) is 14.8 Å². The van der Waals surface area contributed by atoms with Crippen LogP contribution in [-0.2, 0) is 17.8 Å². The first-order chi connectivity index (χ1) is 14.8. The average Bonchev–Trinajstić information content (AvgIpc) is 3.03. The third-order valence-corrected chi connectivity index (χ3v) is 6.64. The Bertz CT molecular complexity index is 1040. The summed E-state index contributed by atoms with van der Waals surface area (Å²) in [6.07, 6.45) is 4.48. The minimum atomic E-state index is -0.148. The number of rotatable bonds is 4. The van der Waals surface area contributed by atoms with Crippen molar-refractivity contribution in [2.45, 2.75) is 43.4 Å². The highest BCUT2D eigenvalue weighted by molar-refractivity contribution is 7.99. The highest BCUT2D eigenvalue weighted by Gasteiger charge is 2.33. The lowest BCUT2D eigenvalue weighted by molar-refractivity contribution is -0.117. The molecule has 2 aliphatic heterocycles. The lowest BCUT2D eigenvalue weighted by Gasteiger charge is -2.37. The van der Waals surface area contributed by atoms with Crippen molar-refractivity contribution in [3.8, 4) is 5.75 Å². The van der Waals surface area contributed by atoms with Gasteiger partial charge in [-0.2, -0.15) is 0 Å². The third-order valence-electron chi connectivity index (χ3n) is 5.69. The highest BCUT2D eigenvalue weighted by atomic mass is 32.2. The Morgan fingerprint density at radius 1 is 1.03 bits per heavy atom. The van der Waals surface area contributed by atoms with Gasteiger partial charge in [0.15, 0.2) is 5.16 Å². The molecule has 0 saturated carbocycles. The van der Waals surface area contributed by atoms with Crippen LogP contribution in [0.5, 0.6) is 5.75 Å². The number of carbonyl (C=O) groups is 1. The van der Waals surface area contributed by atoms with Gasteiger partial charge >= 0.3 is 0 Å². The summed E-state index contributed by atoms with van der Waals surface area (Å²) in [5.41, 5.74) is 1.89. The van der Waals surface area contributed by atoms with Gasteiger partial charge in [0.05, 0.1) is 17.5 Å². The van der Waals surface area contributed by atoms with Gasteiger partial charge in [0.25, 0.3) is 0 Å². The number of fused-ring (bicyclic) bond motifs is 2. The molecule has 7 heteroatoms. The first-order valence-electron chi connectivity index (χ1n) is 10.4. The zero-order chi connectivity index (χ0) is 20.3. The summed E-state index contributed by atoms with van der Waals surface area (Å²) in [5, 5.41) is 9.56. The second-order valence-electron chi connectivity index (χ2n) is 7.62. The second-order valence-corrected chi connectivity index (χ2v) is 8.56. The summed E-state index contributed by atoms with van der Waals surface area (Å²) >= 11 is 1.48. The van der Waals surface area contributed by atoms with Crippen molar-refractivity contribution in [2.75, 3.05) is 17.3 Å². The average molecular weight is 421 g/mol. The molecule has 0 fully saturated rings. The Balaban J connectivity index is 1.40. The maximum absolute atomic E-state index is 13.5. The monoisotopic (exact) mass is 420 g/mol. The number of nitrogens with zero attached hydrogens (tertiary/aromatic N) is 4. The number of amides is 1. The number of para-hydroxylation sites is 2. The van der Waals surface area contributed by atoms with E-state index in [1.54, 1.807) is 0 Å². The fraction of sp³-hybridized carbons (Fsp3) is 0.348. The molecular formula is C23H24N4O2S. The maximum atomic E-state index is 13.5. The Kier molecular flexibility index (Phi) is 5.45. The van der Waals surface area contributed by atoms with Crippen LogP contribution in [0.4, 0.5) is 5.69 Å². The number of hydrogen-bond acceptors (Lipinski definition) is 5. The van der Waals surface area contributed by atoms with Gasteiger partial charge in [0.1, 0.15) is 18.2 Å². The Hall–Kier alpha value is -2.80. The fourth-order valence-corrected chi connectivity index (χ4v) is 5.02. The van der Waals surface area contributed by atoms with Crippen LogP contribution in [0.15, 0.2) is 59.8 Å². The molecule has 1 atom stereocenters. The van der Waals surface area contributed by atoms with E-state index in [-0.39, 0.29) is 11.9 Å². The van der Waals surface area contributed by atoms with Crippen LogP contribution in [0.25, 0.3) is 0 Å². The molecule has 3 aromatic rings. The van der Waals surface area contributed by atoms with E-state index in [2.05, 4.69) is 14.8 Å². The Morgan fingerprint density at radius 2 is 1.87 bits per heavy atom. The van der Waals surface area contributed by atoms with Gasteiger partial charge in [-0.3, -0.25) is 9.69 Å². The van der Waals surface area contributed by atoms with Crippen LogP contribution in [0.1, 0.15) is 36.7 Å². The molecule has 154 valence electrons. The summed E-state index contributed by atoms with van der Waals surface area (Å²) in [6.45, 7) is 1.38. The first kappa shape index (κ1) is 19.2. The van der Waals surface area contributed by atoms with Crippen molar-refractivity contribution >= 4 is 23.4 Å². The SMILES string of the molecule is O=C(CSc1nnc2n1CCCCC2)N1c2ccccc2OC[C@H]1c1ccccc1. The summed E-state index contributed by atoms with van der Waals surface area (Å²) in [6, 6.07) is 17.7. The molecule has 3 heterocycles. The zero-order valence-corrected chi connectivity index (χ0v) is 17.6. The molecule has 2 aliphatic rings. The van der Waals surface area contributed by atoms with Crippen LogP contribution < -0.4 is 9.64 Å². The van der Waals surface area contributed by atoms with Gasteiger partial charge in [0.2, 0.25) is 5.91 Å². The van der Waals surface area contributed by atoms with Gasteiger partial charge in [-0.15, -0.1) is 10.2 Å². The Morgan fingerprint density at radius 3 is 2.77 bits per heavy atom. The lowest BCUT2D eigenvalue weighted by atomic mass is 10.0. The molecule has 0 aliphatic carbocycles. The predicted molar refractivity (Wildman–Crippen MR) is 117 cm³/mol. The van der Waals surface area contributed by atoms with Crippen LogP contribution in [-0.4, -0.2) is 33.0 Å². The molecule has 0 N–H and O–H groups in total. The molecular weight excluding hydrogens is 396 g/mol. The molecule has 1 amide bonds. The van der Waals surface area contributed by atoms with Gasteiger partial charge in [-0.1, -0.05) is 60.6 Å². The topological polar surface area (TPSA) is 60.2 Å². The summed E-state index contributed by atoms with van der Waals surface area (Å²) in [4.78, 5) is 15.4. The van der Waals surface area contributed by atoms with Gasteiger partial charge in [-0.25, -0.2) is 0 Å². The van der Waals surface area contributed by atoms with Gasteiger partial charge in [0, 0.05) is 13.0 Å². The van der Waals surface area contributed by atoms with Crippen molar-refractivity contribution in [3.63, 3.8) is 0 Å². The van der Waals surface area contributed by atoms with E-state index in [4.69, 9.17) is 4.74 Å². The number of anilines is 1. The largest absolute Gasteiger partial charge is 0.489 e. The zero-order valence-electron chi connectivity index (χ0n) is 16.7. The summed E-state index contributed by atoms with van der Waals surface area (Å²) in [5.74, 6) is 2.16. The molecule has 2 aromatic carbocycles. The normalized spacial score (nSPS) is 18.1. The number of ether oxygens (including phenoxy) is 1. The smallest absolute Gasteiger partial charge is 0.238 e. The maximum Gasteiger partial charge on any atom is 0.238 e. The number of carbonyl (C=O) groups excluding carboxylic acids is 1. The van der Waals surface area contributed by atoms with Crippen molar-refractivity contribution in [2.24, 2.45) is 0 Å². The molecule has 0 radical (unpaired) electrons. The molecule has 1 aromatic heterocycles. The van der Waals surface area contributed by atoms with E-state index in [9.17, 15) is 4.79 Å². The molecule has 30 heavy (non-hydrogen) atoms. The molecule has 0 saturated heterocycles. The van der Waals surface area contributed by atoms with E-state index in [0.29, 0.717) is 12.4 Å². The van der Waals surface area contributed by atoms with Crippen molar-refractivity contribution in [1.29, 1.82) is 0 Å². The quantitative estimate of drug-likeness (QED) is 0.590. The van der Waals surface area contributed by atoms with Crippen LogP contribution >= 0.6 is 11.8 Å². The molecule has 5 rings (SSSR count). The summed E-state index contributed by atoms with van der Waals surface area (Å²) < 4.78 is 8.17. The van der Waals surface area contributed by atoms with Crippen LogP contribution in [0.3, 0.4) is 0 Å². The number of aromatic nitrogens is 3. The molecule has 0 bridgehead atoms. The van der Waals surface area contributed by atoms with Gasteiger partial charge < -0.3 is 9.30 Å². The predicted octanol–water partition coefficient (Wildman–Crippen LogP) is 4.26. The van der Waals surface area contributed by atoms with E-state index < -0.39 is 0 Å². The molecule has 0 spiro atoms. The number of benzene rings is 2. The Labute approximate surface area is 180 Å². The minimum absolute atomic E-state index is 0.0515. The number of hydrogen-bond donors (Lipinski definition) is 0. The summed E-state index contributed by atoms with van der Waals surface area (Å²) in [7, 11) is 0.